The van der Waals surface area contributed by atoms with Gasteiger partial charge in [-0.15, -0.1) is 0 Å². The number of rotatable bonds is 1. The first-order chi connectivity index (χ1) is 5.46. The molecule has 0 spiro atoms. The number of hydrogen-bond acceptors (Lipinski definition) is 2. The predicted octanol–water partition coefficient (Wildman–Crippen LogP) is 2.24. The lowest BCUT2D eigenvalue weighted by molar-refractivity contribution is 0.0831. The van der Waals surface area contributed by atoms with Gasteiger partial charge < -0.3 is 10.2 Å². The van der Waals surface area contributed by atoms with E-state index in [1.54, 1.807) is 6.07 Å². The maximum absolute atomic E-state index is 12.7. The molecule has 2 N–H and O–H groups in total. The maximum atomic E-state index is 12.7. The number of hydrogen-bond donors (Lipinski definition) is 1. The number of alkyl halides is 2. The molecule has 66 valence electrons. The summed E-state index contributed by atoms with van der Waals surface area (Å²) in [6.07, 6.45) is -0.333. The molecule has 0 radical (unpaired) electrons. The Balaban J connectivity index is 2.34. The van der Waals surface area contributed by atoms with Gasteiger partial charge in [0.15, 0.2) is 4.67 Å². The Bertz CT molecular complexity index is 325. The van der Waals surface area contributed by atoms with E-state index in [-0.39, 0.29) is 12.2 Å². The number of halogens is 3. The average Bonchev–Trinajstić information content (AvgIpc) is 2.37. The fraction of sp³-hybridized carbons (Fsp3) is 0.429. The minimum Gasteiger partial charge on any atom is -0.452 e. The zero-order chi connectivity index (χ0) is 8.98. The highest BCUT2D eigenvalue weighted by molar-refractivity contribution is 9.10. The van der Waals surface area contributed by atoms with E-state index in [9.17, 15) is 8.78 Å². The molecular weight excluding hydrogens is 232 g/mol. The van der Waals surface area contributed by atoms with Gasteiger partial charge in [-0.25, -0.2) is 8.78 Å². The van der Waals surface area contributed by atoms with Crippen LogP contribution in [0.3, 0.4) is 0 Å². The molecule has 1 aromatic rings. The molecule has 2 nitrogen and oxygen atoms in total. The molecule has 1 aromatic heterocycles. The van der Waals surface area contributed by atoms with Crippen LogP contribution in [-0.4, -0.2) is 5.92 Å². The zero-order valence-corrected chi connectivity index (χ0v) is 7.57. The van der Waals surface area contributed by atoms with Crippen LogP contribution in [0.25, 0.3) is 0 Å². The Morgan fingerprint density at radius 1 is 1.50 bits per heavy atom. The van der Waals surface area contributed by atoms with E-state index in [2.05, 4.69) is 15.9 Å². The van der Waals surface area contributed by atoms with Gasteiger partial charge in [0, 0.05) is 6.42 Å². The lowest BCUT2D eigenvalue weighted by atomic mass is 10.2. The SMILES string of the molecule is NC1(c2ccc(Br)o2)CC1(F)F. The van der Waals surface area contributed by atoms with Gasteiger partial charge in [0.2, 0.25) is 0 Å². The summed E-state index contributed by atoms with van der Waals surface area (Å²) < 4.78 is 30.7. The number of nitrogens with two attached hydrogens (primary N) is 1. The van der Waals surface area contributed by atoms with Crippen molar-refractivity contribution in [2.24, 2.45) is 5.73 Å². The Labute approximate surface area is 75.9 Å². The molecular formula is C7H6BrF2NO. The molecule has 5 heteroatoms. The first kappa shape index (κ1) is 8.19. The van der Waals surface area contributed by atoms with E-state index >= 15 is 0 Å². The molecule has 0 bridgehead atoms. The molecule has 0 saturated heterocycles. The molecule has 1 atom stereocenters. The average molecular weight is 238 g/mol. The monoisotopic (exact) mass is 237 g/mol. The van der Waals surface area contributed by atoms with Crippen LogP contribution in [0.2, 0.25) is 0 Å². The van der Waals surface area contributed by atoms with E-state index in [4.69, 9.17) is 10.2 Å². The van der Waals surface area contributed by atoms with Gasteiger partial charge in [-0.1, -0.05) is 0 Å². The van der Waals surface area contributed by atoms with Crippen LogP contribution in [0.4, 0.5) is 8.78 Å². The van der Waals surface area contributed by atoms with Crippen molar-refractivity contribution in [2.45, 2.75) is 17.9 Å². The lowest BCUT2D eigenvalue weighted by Crippen LogP contribution is -2.26. The van der Waals surface area contributed by atoms with E-state index < -0.39 is 11.5 Å². The summed E-state index contributed by atoms with van der Waals surface area (Å²) in [7, 11) is 0. The largest absolute Gasteiger partial charge is 0.452 e. The summed E-state index contributed by atoms with van der Waals surface area (Å²) in [6, 6.07) is 3.02. The molecule has 1 fully saturated rings. The molecule has 1 saturated carbocycles. The lowest BCUT2D eigenvalue weighted by Gasteiger charge is -2.04. The first-order valence-corrected chi connectivity index (χ1v) is 4.17. The van der Waals surface area contributed by atoms with Crippen molar-refractivity contribution in [2.75, 3.05) is 0 Å². The van der Waals surface area contributed by atoms with Gasteiger partial charge in [-0.3, -0.25) is 0 Å². The molecule has 0 amide bonds. The van der Waals surface area contributed by atoms with E-state index in [0.29, 0.717) is 4.67 Å². The predicted molar refractivity (Wildman–Crippen MR) is 41.8 cm³/mol. The summed E-state index contributed by atoms with van der Waals surface area (Å²) in [6.45, 7) is 0. The first-order valence-electron chi connectivity index (χ1n) is 3.38. The summed E-state index contributed by atoms with van der Waals surface area (Å²) >= 11 is 3.02. The van der Waals surface area contributed by atoms with Gasteiger partial charge in [0.05, 0.1) is 0 Å². The van der Waals surface area contributed by atoms with Crippen LogP contribution >= 0.6 is 15.9 Å². The maximum Gasteiger partial charge on any atom is 0.275 e. The van der Waals surface area contributed by atoms with Crippen LogP contribution in [0, 0.1) is 0 Å². The van der Waals surface area contributed by atoms with Crippen molar-refractivity contribution in [3.63, 3.8) is 0 Å². The normalized spacial score (nSPS) is 32.0. The minimum atomic E-state index is -2.82. The third-order valence-corrected chi connectivity index (χ3v) is 2.47. The molecule has 2 rings (SSSR count). The zero-order valence-electron chi connectivity index (χ0n) is 5.98. The molecule has 12 heavy (non-hydrogen) atoms. The van der Waals surface area contributed by atoms with Crippen LogP contribution in [0.1, 0.15) is 12.2 Å². The second-order valence-electron chi connectivity index (χ2n) is 2.96. The highest BCUT2D eigenvalue weighted by Crippen LogP contribution is 2.57. The molecule has 1 aliphatic rings. The Morgan fingerprint density at radius 2 is 2.08 bits per heavy atom. The molecule has 0 aromatic carbocycles. The number of furan rings is 1. The summed E-state index contributed by atoms with van der Waals surface area (Å²) in [5.74, 6) is -2.68. The van der Waals surface area contributed by atoms with Gasteiger partial charge in [-0.05, 0) is 28.1 Å². The third kappa shape index (κ3) is 0.927. The second kappa shape index (κ2) is 2.09. The van der Waals surface area contributed by atoms with Gasteiger partial charge in [0.1, 0.15) is 11.3 Å². The van der Waals surface area contributed by atoms with Crippen LogP contribution in [0.5, 0.6) is 0 Å². The highest BCUT2D eigenvalue weighted by atomic mass is 79.9. The second-order valence-corrected chi connectivity index (χ2v) is 3.74. The smallest absolute Gasteiger partial charge is 0.275 e. The Kier molecular flexibility index (Phi) is 1.42. The van der Waals surface area contributed by atoms with Crippen molar-refractivity contribution in [3.8, 4) is 0 Å². The topological polar surface area (TPSA) is 39.2 Å². The minimum absolute atomic E-state index is 0.138. The van der Waals surface area contributed by atoms with Crippen LogP contribution in [0.15, 0.2) is 21.2 Å². The van der Waals surface area contributed by atoms with E-state index in [1.807, 2.05) is 0 Å². The van der Waals surface area contributed by atoms with Crippen molar-refractivity contribution >= 4 is 15.9 Å². The van der Waals surface area contributed by atoms with E-state index in [0.717, 1.165) is 0 Å². The molecule has 1 aliphatic carbocycles. The van der Waals surface area contributed by atoms with Crippen molar-refractivity contribution in [1.29, 1.82) is 0 Å². The fourth-order valence-electron chi connectivity index (χ4n) is 1.13. The van der Waals surface area contributed by atoms with Crippen molar-refractivity contribution in [1.82, 2.24) is 0 Å². The van der Waals surface area contributed by atoms with Crippen LogP contribution < -0.4 is 5.73 Å². The van der Waals surface area contributed by atoms with Gasteiger partial charge in [0.25, 0.3) is 5.92 Å². The van der Waals surface area contributed by atoms with Crippen molar-refractivity contribution < 1.29 is 13.2 Å². The molecule has 1 heterocycles. The quantitative estimate of drug-likeness (QED) is 0.814. The van der Waals surface area contributed by atoms with Gasteiger partial charge >= 0.3 is 0 Å². The van der Waals surface area contributed by atoms with Crippen LogP contribution in [-0.2, 0) is 5.54 Å². The fourth-order valence-corrected chi connectivity index (χ4v) is 1.43. The Hall–Kier alpha value is -0.420. The molecule has 0 aliphatic heterocycles. The Morgan fingerprint density at radius 3 is 2.42 bits per heavy atom. The van der Waals surface area contributed by atoms with Gasteiger partial charge in [-0.2, -0.15) is 0 Å². The third-order valence-electron chi connectivity index (χ3n) is 2.04. The van der Waals surface area contributed by atoms with E-state index in [1.165, 1.54) is 6.07 Å². The van der Waals surface area contributed by atoms with Crippen molar-refractivity contribution in [3.05, 3.63) is 22.6 Å². The molecule has 1 unspecified atom stereocenters. The summed E-state index contributed by atoms with van der Waals surface area (Å²) in [5.41, 5.74) is 3.82. The summed E-state index contributed by atoms with van der Waals surface area (Å²) in [5, 5.41) is 0. The standard InChI is InChI=1S/C7H6BrF2NO/c8-5-2-1-4(12-5)6(11)3-7(6,9)10/h1-2H,3,11H2. The summed E-state index contributed by atoms with van der Waals surface area (Å²) in [4.78, 5) is 0. The highest BCUT2D eigenvalue weighted by Gasteiger charge is 2.72.